The normalized spacial score (nSPS) is 24.3. The number of carbonyl (C=O) groups is 1. The van der Waals surface area contributed by atoms with Gasteiger partial charge < -0.3 is 19.7 Å². The fourth-order valence-electron chi connectivity index (χ4n) is 7.36. The number of pyridine rings is 1. The topological polar surface area (TPSA) is 76.4 Å². The van der Waals surface area contributed by atoms with Gasteiger partial charge >= 0.3 is 5.97 Å². The van der Waals surface area contributed by atoms with Crippen molar-refractivity contribution in [1.82, 2.24) is 9.55 Å². The quantitative estimate of drug-likeness (QED) is 0.218. The van der Waals surface area contributed by atoms with E-state index in [4.69, 9.17) is 27.9 Å². The molecular weight excluding hydrogens is 557 g/mol. The number of halogens is 2. The third kappa shape index (κ3) is 5.06. The molecule has 214 valence electrons. The summed E-state index contributed by atoms with van der Waals surface area (Å²) in [5.74, 6) is 0.706. The lowest BCUT2D eigenvalue weighted by atomic mass is 9.59. The Morgan fingerprint density at radius 2 is 1.93 bits per heavy atom. The van der Waals surface area contributed by atoms with Gasteiger partial charge in [0, 0.05) is 36.2 Å². The van der Waals surface area contributed by atoms with Crippen LogP contribution in [0, 0.1) is 11.8 Å². The summed E-state index contributed by atoms with van der Waals surface area (Å²) < 4.78 is 8.32. The highest BCUT2D eigenvalue weighted by molar-refractivity contribution is 6.35. The van der Waals surface area contributed by atoms with Crippen molar-refractivity contribution in [3.8, 4) is 5.75 Å². The van der Waals surface area contributed by atoms with E-state index in [0.29, 0.717) is 41.3 Å². The lowest BCUT2D eigenvalue weighted by Crippen LogP contribution is -2.53. The van der Waals surface area contributed by atoms with E-state index in [1.807, 2.05) is 36.0 Å². The van der Waals surface area contributed by atoms with Gasteiger partial charge in [0.2, 0.25) is 0 Å². The highest BCUT2D eigenvalue weighted by Gasteiger charge is 2.54. The van der Waals surface area contributed by atoms with Gasteiger partial charge in [0.05, 0.1) is 11.6 Å². The van der Waals surface area contributed by atoms with E-state index in [2.05, 4.69) is 41.5 Å². The minimum atomic E-state index is -1.02. The number of rotatable bonds is 8. The first kappa shape index (κ1) is 27.9. The van der Waals surface area contributed by atoms with Gasteiger partial charge in [-0.25, -0.2) is 4.79 Å². The smallest absolute Gasteiger partial charge is 0.329 e. The van der Waals surface area contributed by atoms with E-state index in [1.165, 1.54) is 11.1 Å². The van der Waals surface area contributed by atoms with Gasteiger partial charge in [-0.15, -0.1) is 0 Å². The van der Waals surface area contributed by atoms with Crippen molar-refractivity contribution in [2.75, 3.05) is 11.9 Å². The van der Waals surface area contributed by atoms with Gasteiger partial charge in [-0.3, -0.25) is 4.98 Å². The molecule has 6 rings (SSSR count). The molecule has 2 aliphatic rings. The number of hydrogen-bond acceptors (Lipinski definition) is 4. The maximum atomic E-state index is 12.7. The molecule has 0 unspecified atom stereocenters. The van der Waals surface area contributed by atoms with E-state index in [9.17, 15) is 9.90 Å². The molecule has 41 heavy (non-hydrogen) atoms. The molecule has 0 saturated heterocycles. The van der Waals surface area contributed by atoms with Crippen molar-refractivity contribution >= 4 is 45.9 Å². The van der Waals surface area contributed by atoms with Crippen LogP contribution in [0.1, 0.15) is 50.2 Å². The number of aromatic nitrogens is 2. The number of carboxylic acids is 1. The third-order valence-electron chi connectivity index (χ3n) is 9.40. The molecule has 4 aromatic rings. The van der Waals surface area contributed by atoms with Crippen LogP contribution in [0.5, 0.6) is 5.75 Å². The Hall–Kier alpha value is -3.22. The van der Waals surface area contributed by atoms with Gasteiger partial charge in [-0.1, -0.05) is 60.5 Å². The van der Waals surface area contributed by atoms with Crippen LogP contribution < -0.4 is 10.1 Å². The van der Waals surface area contributed by atoms with E-state index in [0.717, 1.165) is 48.2 Å². The molecular formula is C33H35Cl2N3O3. The zero-order chi connectivity index (χ0) is 28.8. The summed E-state index contributed by atoms with van der Waals surface area (Å²) in [4.78, 5) is 17.1. The van der Waals surface area contributed by atoms with Crippen molar-refractivity contribution in [2.45, 2.75) is 56.4 Å². The van der Waals surface area contributed by atoms with Crippen LogP contribution in [0.15, 0.2) is 67.0 Å². The number of nitrogens with zero attached hydrogens (tertiary/aromatic N) is 2. The van der Waals surface area contributed by atoms with Crippen LogP contribution in [0.4, 0.5) is 5.69 Å². The monoisotopic (exact) mass is 591 g/mol. The number of ether oxygens (including phenoxy) is 1. The minimum Gasteiger partial charge on any atom is -0.491 e. The summed E-state index contributed by atoms with van der Waals surface area (Å²) in [6, 6.07) is 18.0. The average Bonchev–Trinajstić information content (AvgIpc) is 3.42. The molecule has 0 amide bonds. The van der Waals surface area contributed by atoms with Crippen LogP contribution in [0.3, 0.4) is 0 Å². The van der Waals surface area contributed by atoms with Crippen molar-refractivity contribution < 1.29 is 14.6 Å². The number of nitrogens with one attached hydrogen (secondary N) is 1. The van der Waals surface area contributed by atoms with Gasteiger partial charge in [-0.05, 0) is 85.1 Å². The highest BCUT2D eigenvalue weighted by Crippen LogP contribution is 2.56. The van der Waals surface area contributed by atoms with Gasteiger partial charge in [0.15, 0.2) is 0 Å². The van der Waals surface area contributed by atoms with Crippen LogP contribution in [0.2, 0.25) is 10.0 Å². The first-order valence-electron chi connectivity index (χ1n) is 14.3. The molecule has 2 aliphatic carbocycles. The predicted molar refractivity (Wildman–Crippen MR) is 164 cm³/mol. The maximum absolute atomic E-state index is 12.7. The molecule has 2 aromatic heterocycles. The molecule has 0 bridgehead atoms. The fraction of sp³-hybridized carbons (Fsp3) is 0.394. The van der Waals surface area contributed by atoms with E-state index in [1.54, 1.807) is 18.3 Å². The molecule has 8 heteroatoms. The Morgan fingerprint density at radius 3 is 2.68 bits per heavy atom. The van der Waals surface area contributed by atoms with Gasteiger partial charge in [0.25, 0.3) is 0 Å². The lowest BCUT2D eigenvalue weighted by Gasteiger charge is -2.47. The minimum absolute atomic E-state index is 0.0462. The largest absolute Gasteiger partial charge is 0.491 e. The van der Waals surface area contributed by atoms with Crippen LogP contribution >= 0.6 is 23.2 Å². The third-order valence-corrected chi connectivity index (χ3v) is 9.91. The van der Waals surface area contributed by atoms with Crippen LogP contribution in [0.25, 0.3) is 11.0 Å². The number of carboxylic acid groups (broad SMARTS) is 1. The summed E-state index contributed by atoms with van der Waals surface area (Å²) in [6.07, 6.45) is 8.33. The first-order valence-corrected chi connectivity index (χ1v) is 15.0. The van der Waals surface area contributed by atoms with Crippen molar-refractivity contribution in [3.05, 3.63) is 88.2 Å². The van der Waals surface area contributed by atoms with Crippen LogP contribution in [-0.2, 0) is 23.7 Å². The molecule has 1 fully saturated rings. The number of benzene rings is 2. The van der Waals surface area contributed by atoms with Crippen molar-refractivity contribution in [2.24, 2.45) is 18.9 Å². The highest BCUT2D eigenvalue weighted by atomic mass is 35.5. The predicted octanol–water partition coefficient (Wildman–Crippen LogP) is 7.90. The number of fused-ring (bicyclic) bond motifs is 3. The van der Waals surface area contributed by atoms with Gasteiger partial charge in [0.1, 0.15) is 22.3 Å². The average molecular weight is 593 g/mol. The Morgan fingerprint density at radius 1 is 1.15 bits per heavy atom. The zero-order valence-corrected chi connectivity index (χ0v) is 24.9. The summed E-state index contributed by atoms with van der Waals surface area (Å²) in [5.41, 5.74) is 4.12. The Labute approximate surface area is 250 Å². The molecule has 6 nitrogen and oxygen atoms in total. The summed E-state index contributed by atoms with van der Waals surface area (Å²) in [6.45, 7) is 2.83. The number of aryl methyl sites for hydroxylation is 1. The Kier molecular flexibility index (Phi) is 7.41. The lowest BCUT2D eigenvalue weighted by molar-refractivity contribution is -0.144. The number of hydrogen-bond donors (Lipinski definition) is 2. The second kappa shape index (κ2) is 10.9. The van der Waals surface area contributed by atoms with Crippen molar-refractivity contribution in [1.29, 1.82) is 0 Å². The molecule has 2 atom stereocenters. The first-order chi connectivity index (χ1) is 19.7. The van der Waals surface area contributed by atoms with Crippen LogP contribution in [-0.4, -0.2) is 32.8 Å². The standard InChI is InChI=1S/C33H35Cl2N3O3/c1-21(20-41-28-10-15-36-29-27(35)19-38(2)30(28)29)16-23-17-22-6-3-4-9-26(22)32(23)11-13-33(14-12-32,31(39)40)37-25-8-5-7-24(34)18-25/h3-10,15,18-19,21,23,37H,11-14,16-17,20H2,1-2H3,(H,39,40)/t21-,23+,32?,33?/m1/s1. The Balaban J connectivity index is 1.21. The molecule has 2 N–H and O–H groups in total. The molecule has 1 saturated carbocycles. The molecule has 2 heterocycles. The Bertz CT molecular complexity index is 1590. The molecule has 1 spiro atoms. The molecule has 0 radical (unpaired) electrons. The number of aliphatic carboxylic acids is 1. The maximum Gasteiger partial charge on any atom is 0.329 e. The summed E-state index contributed by atoms with van der Waals surface area (Å²) >= 11 is 12.6. The second-order valence-corrected chi connectivity index (χ2v) is 12.8. The van der Waals surface area contributed by atoms with E-state index >= 15 is 0 Å². The second-order valence-electron chi connectivity index (χ2n) is 12.0. The van der Waals surface area contributed by atoms with Gasteiger partial charge in [-0.2, -0.15) is 0 Å². The van der Waals surface area contributed by atoms with E-state index in [-0.39, 0.29) is 5.41 Å². The fourth-order valence-corrected chi connectivity index (χ4v) is 7.83. The molecule has 2 aromatic carbocycles. The number of anilines is 1. The summed E-state index contributed by atoms with van der Waals surface area (Å²) in [5, 5.41) is 15.0. The summed E-state index contributed by atoms with van der Waals surface area (Å²) in [7, 11) is 1.95. The zero-order valence-electron chi connectivity index (χ0n) is 23.4. The van der Waals surface area contributed by atoms with E-state index < -0.39 is 11.5 Å². The van der Waals surface area contributed by atoms with Crippen molar-refractivity contribution in [3.63, 3.8) is 0 Å². The SMILES string of the molecule is C[C@@H](COc1ccnc2c(Cl)cn(C)c12)C[C@H]1Cc2ccccc2C12CCC(Nc1cccc(Cl)c1)(C(=O)O)CC2. The molecule has 0 aliphatic heterocycles.